The Hall–Kier alpha value is -2.04. The van der Waals surface area contributed by atoms with Crippen LogP contribution in [0.3, 0.4) is 0 Å². The molecular formula is C16H21NO5S. The lowest BCUT2D eigenvalue weighted by molar-refractivity contribution is -0.139. The zero-order chi connectivity index (χ0) is 17.5. The fourth-order valence-corrected chi connectivity index (χ4v) is 3.03. The minimum absolute atomic E-state index is 0.0126. The minimum Gasteiger partial charge on any atom is -0.481 e. The molecule has 0 saturated carbocycles. The van der Waals surface area contributed by atoms with E-state index in [1.807, 2.05) is 13.8 Å². The number of sulfonamides is 1. The standard InChI is InChI=1S/C16H21NO5S/c1-4-5-10-22-13-6-8-14(9-7-13)23(20,21)17-15(16(18)19)11-12(2)3/h6-9,12,15,17H,10-11H2,1-3H3,(H,18,19). The summed E-state index contributed by atoms with van der Waals surface area (Å²) in [6.07, 6.45) is 0.214. The van der Waals surface area contributed by atoms with Crippen LogP contribution in [-0.2, 0) is 14.8 Å². The van der Waals surface area contributed by atoms with Gasteiger partial charge >= 0.3 is 5.97 Å². The third-order valence-corrected chi connectivity index (χ3v) is 4.41. The van der Waals surface area contributed by atoms with Crippen LogP contribution in [0.25, 0.3) is 0 Å². The number of hydrogen-bond acceptors (Lipinski definition) is 4. The minimum atomic E-state index is -3.91. The van der Waals surface area contributed by atoms with Crippen LogP contribution >= 0.6 is 0 Å². The van der Waals surface area contributed by atoms with E-state index in [-0.39, 0.29) is 23.8 Å². The summed E-state index contributed by atoms with van der Waals surface area (Å²) >= 11 is 0. The Morgan fingerprint density at radius 3 is 2.39 bits per heavy atom. The summed E-state index contributed by atoms with van der Waals surface area (Å²) in [7, 11) is -3.91. The average Bonchev–Trinajstić information content (AvgIpc) is 2.46. The molecule has 0 aliphatic rings. The molecule has 0 spiro atoms. The number of aliphatic carboxylic acids is 1. The lowest BCUT2D eigenvalue weighted by Crippen LogP contribution is -2.41. The third kappa shape index (κ3) is 6.30. The van der Waals surface area contributed by atoms with Crippen molar-refractivity contribution < 1.29 is 23.1 Å². The molecule has 1 rings (SSSR count). The van der Waals surface area contributed by atoms with Crippen LogP contribution in [0.15, 0.2) is 29.2 Å². The zero-order valence-corrected chi connectivity index (χ0v) is 14.2. The van der Waals surface area contributed by atoms with E-state index >= 15 is 0 Å². The van der Waals surface area contributed by atoms with Crippen LogP contribution in [0, 0.1) is 17.8 Å². The molecule has 0 aliphatic heterocycles. The van der Waals surface area contributed by atoms with Gasteiger partial charge in [0.25, 0.3) is 0 Å². The molecule has 23 heavy (non-hydrogen) atoms. The highest BCUT2D eigenvalue weighted by atomic mass is 32.2. The fourth-order valence-electron chi connectivity index (χ4n) is 1.83. The first-order valence-corrected chi connectivity index (χ1v) is 8.62. The summed E-state index contributed by atoms with van der Waals surface area (Å²) in [6, 6.07) is 4.58. The lowest BCUT2D eigenvalue weighted by Gasteiger charge is -2.16. The van der Waals surface area contributed by atoms with Crippen molar-refractivity contribution in [2.75, 3.05) is 6.61 Å². The topological polar surface area (TPSA) is 92.7 Å². The number of carbonyl (C=O) groups is 1. The van der Waals surface area contributed by atoms with Crippen LogP contribution in [-0.4, -0.2) is 32.1 Å². The van der Waals surface area contributed by atoms with E-state index in [0.29, 0.717) is 5.75 Å². The largest absolute Gasteiger partial charge is 0.481 e. The van der Waals surface area contributed by atoms with Crippen LogP contribution < -0.4 is 9.46 Å². The van der Waals surface area contributed by atoms with Crippen LogP contribution in [0.4, 0.5) is 0 Å². The van der Waals surface area contributed by atoms with Gasteiger partial charge in [-0.1, -0.05) is 19.8 Å². The quantitative estimate of drug-likeness (QED) is 0.705. The van der Waals surface area contributed by atoms with Gasteiger partial charge in [-0.15, -0.1) is 5.92 Å². The molecule has 0 fully saturated rings. The molecule has 7 heteroatoms. The number of rotatable bonds is 8. The number of nitrogens with one attached hydrogen (secondary N) is 1. The van der Waals surface area contributed by atoms with Crippen molar-refractivity contribution >= 4 is 16.0 Å². The third-order valence-electron chi connectivity index (χ3n) is 2.92. The summed E-state index contributed by atoms with van der Waals surface area (Å²) in [5.74, 6) is 4.76. The highest BCUT2D eigenvalue weighted by Crippen LogP contribution is 2.17. The van der Waals surface area contributed by atoms with Crippen LogP contribution in [0.2, 0.25) is 0 Å². The molecule has 1 aromatic rings. The molecule has 0 bridgehead atoms. The van der Waals surface area contributed by atoms with Crippen LogP contribution in [0.5, 0.6) is 5.75 Å². The Kier molecular flexibility index (Phi) is 7.07. The van der Waals surface area contributed by atoms with E-state index in [4.69, 9.17) is 9.84 Å². The number of ether oxygens (including phenoxy) is 1. The molecule has 0 saturated heterocycles. The highest BCUT2D eigenvalue weighted by Gasteiger charge is 2.26. The summed E-state index contributed by atoms with van der Waals surface area (Å²) < 4.78 is 32.0. The Morgan fingerprint density at radius 1 is 1.30 bits per heavy atom. The van der Waals surface area contributed by atoms with Crippen molar-refractivity contribution in [1.82, 2.24) is 4.72 Å². The lowest BCUT2D eigenvalue weighted by atomic mass is 10.1. The maximum absolute atomic E-state index is 12.3. The molecule has 6 nitrogen and oxygen atoms in total. The normalized spacial score (nSPS) is 12.3. The van der Waals surface area contributed by atoms with Crippen molar-refractivity contribution in [3.63, 3.8) is 0 Å². The first-order chi connectivity index (χ1) is 10.8. The molecule has 2 N–H and O–H groups in total. The van der Waals surface area contributed by atoms with Crippen molar-refractivity contribution in [3.05, 3.63) is 24.3 Å². The Labute approximate surface area is 136 Å². The van der Waals surface area contributed by atoms with Crippen molar-refractivity contribution in [1.29, 1.82) is 0 Å². The Bertz CT molecular complexity index is 683. The summed E-state index contributed by atoms with van der Waals surface area (Å²) in [5.41, 5.74) is 0. The van der Waals surface area contributed by atoms with Gasteiger partial charge in [0.05, 0.1) is 4.90 Å². The molecule has 0 aromatic heterocycles. The molecular weight excluding hydrogens is 318 g/mol. The van der Waals surface area contributed by atoms with E-state index in [0.717, 1.165) is 0 Å². The van der Waals surface area contributed by atoms with E-state index in [1.54, 1.807) is 6.92 Å². The predicted molar refractivity (Wildman–Crippen MR) is 86.6 cm³/mol. The van der Waals surface area contributed by atoms with Gasteiger partial charge in [-0.2, -0.15) is 4.72 Å². The molecule has 1 unspecified atom stereocenters. The number of benzene rings is 1. The molecule has 0 heterocycles. The summed E-state index contributed by atoms with van der Waals surface area (Å²) in [5, 5.41) is 9.14. The number of hydrogen-bond donors (Lipinski definition) is 2. The van der Waals surface area contributed by atoms with Crippen molar-refractivity contribution in [2.24, 2.45) is 5.92 Å². The SMILES string of the molecule is CC#CCOc1ccc(S(=O)(=O)NC(CC(C)C)C(=O)O)cc1. The second kappa shape index (κ2) is 8.56. The average molecular weight is 339 g/mol. The molecule has 126 valence electrons. The molecule has 0 aliphatic carbocycles. The van der Waals surface area contributed by atoms with E-state index in [1.165, 1.54) is 24.3 Å². The van der Waals surface area contributed by atoms with E-state index < -0.39 is 22.0 Å². The zero-order valence-electron chi connectivity index (χ0n) is 13.4. The second-order valence-electron chi connectivity index (χ2n) is 5.33. The fraction of sp³-hybridized carbons (Fsp3) is 0.438. The van der Waals surface area contributed by atoms with Gasteiger partial charge in [-0.05, 0) is 43.5 Å². The predicted octanol–water partition coefficient (Wildman–Crippen LogP) is 1.87. The van der Waals surface area contributed by atoms with E-state index in [9.17, 15) is 13.2 Å². The number of carboxylic acid groups (broad SMARTS) is 1. The van der Waals surface area contributed by atoms with Gasteiger partial charge < -0.3 is 9.84 Å². The Morgan fingerprint density at radius 2 is 1.91 bits per heavy atom. The molecule has 0 amide bonds. The maximum atomic E-state index is 12.3. The van der Waals surface area contributed by atoms with Crippen molar-refractivity contribution in [2.45, 2.75) is 38.1 Å². The Balaban J connectivity index is 2.85. The van der Waals surface area contributed by atoms with Gasteiger partial charge in [0.15, 0.2) is 0 Å². The van der Waals surface area contributed by atoms with Crippen molar-refractivity contribution in [3.8, 4) is 17.6 Å². The smallest absolute Gasteiger partial charge is 0.321 e. The van der Waals surface area contributed by atoms with Gasteiger partial charge in [-0.25, -0.2) is 8.42 Å². The second-order valence-corrected chi connectivity index (χ2v) is 7.04. The van der Waals surface area contributed by atoms with Gasteiger partial charge in [0.1, 0.15) is 18.4 Å². The summed E-state index contributed by atoms with van der Waals surface area (Å²) in [4.78, 5) is 11.2. The number of carboxylic acids is 1. The summed E-state index contributed by atoms with van der Waals surface area (Å²) in [6.45, 7) is 5.57. The molecule has 1 aromatic carbocycles. The molecule has 0 radical (unpaired) electrons. The maximum Gasteiger partial charge on any atom is 0.321 e. The van der Waals surface area contributed by atoms with Crippen LogP contribution in [0.1, 0.15) is 27.2 Å². The first-order valence-electron chi connectivity index (χ1n) is 7.14. The van der Waals surface area contributed by atoms with Gasteiger partial charge in [0, 0.05) is 0 Å². The molecule has 1 atom stereocenters. The monoisotopic (exact) mass is 339 g/mol. The van der Waals surface area contributed by atoms with Gasteiger partial charge in [-0.3, -0.25) is 4.79 Å². The highest BCUT2D eigenvalue weighted by molar-refractivity contribution is 7.89. The van der Waals surface area contributed by atoms with E-state index in [2.05, 4.69) is 16.6 Å². The first kappa shape index (κ1) is 19.0. The van der Waals surface area contributed by atoms with Gasteiger partial charge in [0.2, 0.25) is 10.0 Å².